The fourth-order valence-corrected chi connectivity index (χ4v) is 3.35. The number of thiophene rings is 1. The smallest absolute Gasteiger partial charge is 0.410 e. The molecule has 0 aliphatic carbocycles. The summed E-state index contributed by atoms with van der Waals surface area (Å²) in [5.41, 5.74) is 7.27. The number of rotatable bonds is 4. The van der Waals surface area contributed by atoms with Gasteiger partial charge < -0.3 is 20.1 Å². The number of amides is 1. The third-order valence-electron chi connectivity index (χ3n) is 3.15. The lowest BCUT2D eigenvalue weighted by atomic mass is 10.0. The molecule has 2 heterocycles. The van der Waals surface area contributed by atoms with Crippen LogP contribution in [0.3, 0.4) is 0 Å². The number of carbonyl (C=O) groups excluding carboxylic acids is 2. The summed E-state index contributed by atoms with van der Waals surface area (Å²) < 4.78 is 10.1. The maximum atomic E-state index is 11.9. The zero-order valence-corrected chi connectivity index (χ0v) is 12.7. The quantitative estimate of drug-likeness (QED) is 0.681. The zero-order chi connectivity index (χ0) is 15.4. The molecule has 0 unspecified atom stereocenters. The summed E-state index contributed by atoms with van der Waals surface area (Å²) in [5.74, 6) is -0.393. The van der Waals surface area contributed by atoms with Crippen LogP contribution in [0.25, 0.3) is 0 Å². The molecule has 0 radical (unpaired) electrons. The Morgan fingerprint density at radius 3 is 2.90 bits per heavy atom. The molecule has 114 valence electrons. The maximum Gasteiger partial charge on any atom is 0.410 e. The molecule has 0 aromatic carbocycles. The molecule has 1 aromatic heterocycles. The number of carbonyl (C=O) groups is 2. The molecule has 2 N–H and O–H groups in total. The van der Waals surface area contributed by atoms with E-state index in [0.29, 0.717) is 36.7 Å². The third kappa shape index (κ3) is 3.18. The molecule has 2 rings (SSSR count). The second kappa shape index (κ2) is 6.62. The first-order valence-corrected chi connectivity index (χ1v) is 7.49. The van der Waals surface area contributed by atoms with Crippen LogP contribution in [0.1, 0.15) is 27.7 Å². The van der Waals surface area contributed by atoms with Crippen molar-refractivity contribution in [2.24, 2.45) is 0 Å². The highest BCUT2D eigenvalue weighted by molar-refractivity contribution is 7.16. The third-order valence-corrected chi connectivity index (χ3v) is 4.19. The molecular weight excluding hydrogens is 292 g/mol. The summed E-state index contributed by atoms with van der Waals surface area (Å²) in [4.78, 5) is 26.3. The molecule has 21 heavy (non-hydrogen) atoms. The van der Waals surface area contributed by atoms with Gasteiger partial charge in [0.15, 0.2) is 0 Å². The van der Waals surface area contributed by atoms with Gasteiger partial charge >= 0.3 is 12.1 Å². The lowest BCUT2D eigenvalue weighted by Gasteiger charge is -2.26. The van der Waals surface area contributed by atoms with Crippen molar-refractivity contribution in [1.82, 2.24) is 4.90 Å². The number of esters is 1. The van der Waals surface area contributed by atoms with Gasteiger partial charge in [0.2, 0.25) is 0 Å². The van der Waals surface area contributed by atoms with Crippen LogP contribution in [-0.4, -0.2) is 36.7 Å². The van der Waals surface area contributed by atoms with E-state index < -0.39 is 5.97 Å². The first-order valence-electron chi connectivity index (χ1n) is 6.68. The Labute approximate surface area is 127 Å². The van der Waals surface area contributed by atoms with Crippen LogP contribution in [-0.2, 0) is 22.4 Å². The van der Waals surface area contributed by atoms with Crippen molar-refractivity contribution >= 4 is 28.4 Å². The molecule has 0 saturated carbocycles. The number of hydrogen-bond donors (Lipinski definition) is 1. The van der Waals surface area contributed by atoms with Crippen LogP contribution in [0.5, 0.6) is 0 Å². The van der Waals surface area contributed by atoms with Crippen molar-refractivity contribution in [2.75, 3.05) is 25.5 Å². The summed E-state index contributed by atoms with van der Waals surface area (Å²) in [6.45, 7) is 6.64. The summed E-state index contributed by atoms with van der Waals surface area (Å²) in [5, 5.41) is 0.444. The normalized spacial score (nSPS) is 13.5. The summed E-state index contributed by atoms with van der Waals surface area (Å²) in [6.07, 6.45) is 1.71. The number of anilines is 1. The standard InChI is InChI=1S/C14H18N2O4S/c1-3-7-20-14(18)16-6-5-9-10(8-16)21-12(15)11(9)13(17)19-4-2/h3H,1,4-8,15H2,2H3. The summed E-state index contributed by atoms with van der Waals surface area (Å²) in [7, 11) is 0. The molecule has 7 heteroatoms. The predicted molar refractivity (Wildman–Crippen MR) is 80.3 cm³/mol. The number of nitrogens with zero attached hydrogens (tertiary/aromatic N) is 1. The predicted octanol–water partition coefficient (Wildman–Crippen LogP) is 2.19. The van der Waals surface area contributed by atoms with Crippen LogP contribution >= 0.6 is 11.3 Å². The number of nitrogens with two attached hydrogens (primary N) is 1. The second-order valence-electron chi connectivity index (χ2n) is 4.50. The van der Waals surface area contributed by atoms with Crippen LogP contribution in [0.4, 0.5) is 9.80 Å². The average Bonchev–Trinajstić information content (AvgIpc) is 2.79. The van der Waals surface area contributed by atoms with E-state index in [4.69, 9.17) is 15.2 Å². The Kier molecular flexibility index (Phi) is 4.85. The largest absolute Gasteiger partial charge is 0.462 e. The van der Waals surface area contributed by atoms with Crippen molar-refractivity contribution in [3.8, 4) is 0 Å². The van der Waals surface area contributed by atoms with E-state index >= 15 is 0 Å². The highest BCUT2D eigenvalue weighted by Crippen LogP contribution is 2.35. The van der Waals surface area contributed by atoms with Crippen LogP contribution < -0.4 is 5.73 Å². The van der Waals surface area contributed by atoms with E-state index in [1.807, 2.05) is 0 Å². The van der Waals surface area contributed by atoms with Gasteiger partial charge in [-0.25, -0.2) is 9.59 Å². The second-order valence-corrected chi connectivity index (χ2v) is 5.64. The fraction of sp³-hybridized carbons (Fsp3) is 0.429. The van der Waals surface area contributed by atoms with Gasteiger partial charge in [-0.15, -0.1) is 11.3 Å². The van der Waals surface area contributed by atoms with E-state index in [2.05, 4.69) is 6.58 Å². The SMILES string of the molecule is C=CCOC(=O)N1CCc2c(sc(N)c2C(=O)OCC)C1. The maximum absolute atomic E-state index is 11.9. The van der Waals surface area contributed by atoms with Crippen LogP contribution in [0, 0.1) is 0 Å². The molecule has 0 spiro atoms. The van der Waals surface area contributed by atoms with Crippen molar-refractivity contribution in [3.63, 3.8) is 0 Å². The van der Waals surface area contributed by atoms with E-state index in [-0.39, 0.29) is 12.7 Å². The van der Waals surface area contributed by atoms with Gasteiger partial charge in [-0.1, -0.05) is 12.7 Å². The molecule has 1 aliphatic rings. The Morgan fingerprint density at radius 1 is 1.48 bits per heavy atom. The Morgan fingerprint density at radius 2 is 2.24 bits per heavy atom. The van der Waals surface area contributed by atoms with Gasteiger partial charge in [-0.2, -0.15) is 0 Å². The molecule has 1 aromatic rings. The highest BCUT2D eigenvalue weighted by atomic mass is 32.1. The first-order chi connectivity index (χ1) is 10.1. The number of ether oxygens (including phenoxy) is 2. The number of hydrogen-bond acceptors (Lipinski definition) is 6. The molecule has 6 nitrogen and oxygen atoms in total. The van der Waals surface area contributed by atoms with Gasteiger partial charge in [-0.3, -0.25) is 0 Å². The Balaban J connectivity index is 2.16. The molecule has 0 atom stereocenters. The Hall–Kier alpha value is -2.02. The van der Waals surface area contributed by atoms with Crippen molar-refractivity contribution in [1.29, 1.82) is 0 Å². The minimum Gasteiger partial charge on any atom is -0.462 e. The molecule has 1 amide bonds. The first kappa shape index (κ1) is 15.4. The molecular formula is C14H18N2O4S. The van der Waals surface area contributed by atoms with Gasteiger partial charge in [0.1, 0.15) is 11.6 Å². The molecule has 0 saturated heterocycles. The highest BCUT2D eigenvalue weighted by Gasteiger charge is 2.29. The van der Waals surface area contributed by atoms with E-state index in [0.717, 1.165) is 10.4 Å². The molecule has 0 bridgehead atoms. The molecule has 0 fully saturated rings. The van der Waals surface area contributed by atoms with Crippen molar-refractivity contribution < 1.29 is 19.1 Å². The zero-order valence-electron chi connectivity index (χ0n) is 11.9. The molecule has 1 aliphatic heterocycles. The average molecular weight is 310 g/mol. The van der Waals surface area contributed by atoms with Gasteiger partial charge in [-0.05, 0) is 18.9 Å². The van der Waals surface area contributed by atoms with E-state index in [1.54, 1.807) is 11.8 Å². The van der Waals surface area contributed by atoms with Gasteiger partial charge in [0.25, 0.3) is 0 Å². The van der Waals surface area contributed by atoms with Gasteiger partial charge in [0.05, 0.1) is 18.7 Å². The van der Waals surface area contributed by atoms with Crippen molar-refractivity contribution in [3.05, 3.63) is 28.7 Å². The summed E-state index contributed by atoms with van der Waals surface area (Å²) in [6, 6.07) is 0. The van der Waals surface area contributed by atoms with Crippen molar-refractivity contribution in [2.45, 2.75) is 19.9 Å². The summed E-state index contributed by atoms with van der Waals surface area (Å²) >= 11 is 1.32. The van der Waals surface area contributed by atoms with Crippen LogP contribution in [0.15, 0.2) is 12.7 Å². The lowest BCUT2D eigenvalue weighted by molar-refractivity contribution is 0.0526. The van der Waals surface area contributed by atoms with Crippen LogP contribution in [0.2, 0.25) is 0 Å². The number of fused-ring (bicyclic) bond motifs is 1. The van der Waals surface area contributed by atoms with E-state index in [1.165, 1.54) is 17.4 Å². The van der Waals surface area contributed by atoms with E-state index in [9.17, 15) is 9.59 Å². The monoisotopic (exact) mass is 310 g/mol. The minimum atomic E-state index is -0.393. The van der Waals surface area contributed by atoms with Gasteiger partial charge in [0, 0.05) is 11.4 Å². The lowest BCUT2D eigenvalue weighted by Crippen LogP contribution is -2.36. The topological polar surface area (TPSA) is 81.9 Å². The fourth-order valence-electron chi connectivity index (χ4n) is 2.23. The minimum absolute atomic E-state index is 0.183. The number of nitrogen functional groups attached to an aromatic ring is 1. The Bertz CT molecular complexity index is 568.